The monoisotopic (exact) mass is 348 g/mol. The smallest absolute Gasteiger partial charge is 0.410 e. The van der Waals surface area contributed by atoms with Gasteiger partial charge in [0.1, 0.15) is 11.1 Å². The van der Waals surface area contributed by atoms with Crippen molar-refractivity contribution in [2.24, 2.45) is 0 Å². The summed E-state index contributed by atoms with van der Waals surface area (Å²) in [5, 5.41) is 0. The molecule has 2 aliphatic heterocycles. The fourth-order valence-corrected chi connectivity index (χ4v) is 3.02. The van der Waals surface area contributed by atoms with E-state index in [1.54, 1.807) is 4.90 Å². The fraction of sp³-hybridized carbons (Fsp3) is 0.867. The molecule has 0 aromatic carbocycles. The predicted molar refractivity (Wildman–Crippen MR) is 84.4 cm³/mol. The minimum atomic E-state index is -0.783. The first-order chi connectivity index (χ1) is 10.8. The maximum Gasteiger partial charge on any atom is 0.410 e. The van der Waals surface area contributed by atoms with Crippen molar-refractivity contribution in [2.75, 3.05) is 45.5 Å². The molecule has 0 N–H and O–H groups in total. The van der Waals surface area contributed by atoms with Gasteiger partial charge in [-0.2, -0.15) is 0 Å². The second-order valence-electron chi connectivity index (χ2n) is 6.83. The molecule has 2 fully saturated rings. The summed E-state index contributed by atoms with van der Waals surface area (Å²) < 4.78 is 15.8. The summed E-state index contributed by atoms with van der Waals surface area (Å²) in [7, 11) is 0. The van der Waals surface area contributed by atoms with Crippen molar-refractivity contribution in [1.82, 2.24) is 9.80 Å². The molecule has 0 aromatic rings. The van der Waals surface area contributed by atoms with Gasteiger partial charge in [0.25, 0.3) is 0 Å². The van der Waals surface area contributed by atoms with E-state index in [2.05, 4.69) is 0 Å². The minimum Gasteiger partial charge on any atom is -0.448 e. The second-order valence-corrected chi connectivity index (χ2v) is 7.05. The van der Waals surface area contributed by atoms with Gasteiger partial charge in [0, 0.05) is 39.2 Å². The van der Waals surface area contributed by atoms with Crippen LogP contribution in [0.2, 0.25) is 0 Å². The number of halogens is 1. The van der Waals surface area contributed by atoms with Crippen molar-refractivity contribution in [2.45, 2.75) is 38.3 Å². The third-order valence-electron chi connectivity index (χ3n) is 4.10. The van der Waals surface area contributed by atoms with Crippen molar-refractivity contribution >= 4 is 23.7 Å². The lowest BCUT2D eigenvalue weighted by Gasteiger charge is -2.43. The molecule has 1 amide bonds. The molecule has 0 spiro atoms. The highest BCUT2D eigenvalue weighted by atomic mass is 35.5. The van der Waals surface area contributed by atoms with Crippen LogP contribution in [-0.4, -0.2) is 78.5 Å². The first kappa shape index (κ1) is 18.3. The summed E-state index contributed by atoms with van der Waals surface area (Å²) in [5.41, 5.74) is -1.30. The van der Waals surface area contributed by atoms with E-state index in [0.29, 0.717) is 45.8 Å². The van der Waals surface area contributed by atoms with E-state index in [0.717, 1.165) is 0 Å². The van der Waals surface area contributed by atoms with Crippen LogP contribution in [0, 0.1) is 0 Å². The van der Waals surface area contributed by atoms with E-state index in [9.17, 15) is 9.59 Å². The number of alkyl halides is 1. The molecular formula is C15H25ClN2O5. The highest BCUT2D eigenvalue weighted by Gasteiger charge is 2.49. The summed E-state index contributed by atoms with van der Waals surface area (Å²) in [6.07, 6.45) is 0.257. The molecule has 2 heterocycles. The Hall–Kier alpha value is -1.05. The lowest BCUT2D eigenvalue weighted by atomic mass is 9.95. The molecule has 0 aliphatic carbocycles. The number of carbonyl (C=O) groups is 2. The molecule has 0 bridgehead atoms. The van der Waals surface area contributed by atoms with Crippen LogP contribution in [0.1, 0.15) is 27.2 Å². The molecule has 1 atom stereocenters. The number of hydrogen-bond acceptors (Lipinski definition) is 6. The molecule has 7 nitrogen and oxygen atoms in total. The molecule has 1 unspecified atom stereocenters. The number of carbonyl (C=O) groups excluding carboxylic acids is 2. The van der Waals surface area contributed by atoms with E-state index >= 15 is 0 Å². The Labute approximate surface area is 141 Å². The molecule has 0 saturated carbocycles. The summed E-state index contributed by atoms with van der Waals surface area (Å²) in [4.78, 5) is 28.1. The number of rotatable bonds is 3. The van der Waals surface area contributed by atoms with Gasteiger partial charge in [-0.25, -0.2) is 9.59 Å². The van der Waals surface area contributed by atoms with E-state index in [1.807, 2.05) is 25.7 Å². The SMILES string of the molecule is CC(C)(C)OC(=O)N1CCN(C2(C(=O)OCCl)CCOC2)CC1. The Morgan fingerprint density at radius 3 is 2.35 bits per heavy atom. The molecule has 23 heavy (non-hydrogen) atoms. The van der Waals surface area contributed by atoms with Crippen molar-refractivity contribution in [3.63, 3.8) is 0 Å². The van der Waals surface area contributed by atoms with Gasteiger partial charge in [0.05, 0.1) is 6.61 Å². The summed E-state index contributed by atoms with van der Waals surface area (Å²) in [6, 6.07) is -0.168. The van der Waals surface area contributed by atoms with Gasteiger partial charge in [-0.1, -0.05) is 11.6 Å². The van der Waals surface area contributed by atoms with Crippen LogP contribution in [0.15, 0.2) is 0 Å². The van der Waals surface area contributed by atoms with Gasteiger partial charge in [-0.05, 0) is 20.8 Å². The first-order valence-electron chi connectivity index (χ1n) is 7.82. The van der Waals surface area contributed by atoms with E-state index in [-0.39, 0.29) is 18.1 Å². The molecule has 0 radical (unpaired) electrons. The average Bonchev–Trinajstić information content (AvgIpc) is 2.97. The highest BCUT2D eigenvalue weighted by Crippen LogP contribution is 2.29. The van der Waals surface area contributed by atoms with Crippen molar-refractivity contribution in [1.29, 1.82) is 0 Å². The van der Waals surface area contributed by atoms with Crippen LogP contribution in [0.4, 0.5) is 4.79 Å². The zero-order valence-corrected chi connectivity index (χ0v) is 14.7. The largest absolute Gasteiger partial charge is 0.448 e. The Morgan fingerprint density at radius 1 is 1.22 bits per heavy atom. The number of esters is 1. The molecule has 2 aliphatic rings. The fourth-order valence-electron chi connectivity index (χ4n) is 2.92. The van der Waals surface area contributed by atoms with Crippen molar-refractivity contribution < 1.29 is 23.8 Å². The lowest BCUT2D eigenvalue weighted by molar-refractivity contribution is -0.157. The van der Waals surface area contributed by atoms with Crippen LogP contribution in [0.5, 0.6) is 0 Å². The van der Waals surface area contributed by atoms with Crippen molar-refractivity contribution in [3.8, 4) is 0 Å². The number of piperazine rings is 1. The molecule has 2 saturated heterocycles. The van der Waals surface area contributed by atoms with Crippen LogP contribution >= 0.6 is 11.6 Å². The third kappa shape index (κ3) is 4.28. The Bertz CT molecular complexity index is 438. The normalized spacial score (nSPS) is 26.2. The molecule has 0 aromatic heterocycles. The Morgan fingerprint density at radius 2 is 1.87 bits per heavy atom. The van der Waals surface area contributed by atoms with Gasteiger partial charge >= 0.3 is 12.1 Å². The van der Waals surface area contributed by atoms with Crippen molar-refractivity contribution in [3.05, 3.63) is 0 Å². The van der Waals surface area contributed by atoms with Gasteiger partial charge in [-0.3, -0.25) is 4.90 Å². The van der Waals surface area contributed by atoms with Crippen LogP contribution in [-0.2, 0) is 19.0 Å². The summed E-state index contributed by atoms with van der Waals surface area (Å²) in [6.45, 7) is 8.49. The Kier molecular flexibility index (Phi) is 5.75. The third-order valence-corrected chi connectivity index (χ3v) is 4.21. The van der Waals surface area contributed by atoms with E-state index in [4.69, 9.17) is 25.8 Å². The molecule has 132 valence electrons. The topological polar surface area (TPSA) is 68.3 Å². The van der Waals surface area contributed by atoms with E-state index < -0.39 is 11.1 Å². The first-order valence-corrected chi connectivity index (χ1v) is 8.36. The van der Waals surface area contributed by atoms with Crippen LogP contribution in [0.25, 0.3) is 0 Å². The maximum absolute atomic E-state index is 12.3. The minimum absolute atomic E-state index is 0.168. The van der Waals surface area contributed by atoms with Gasteiger partial charge in [-0.15, -0.1) is 0 Å². The lowest BCUT2D eigenvalue weighted by Crippen LogP contribution is -2.62. The standard InChI is InChI=1S/C15H25ClN2O5/c1-14(2,3)23-13(20)17-5-7-18(8-6-17)15(4-9-21-10-15)12(19)22-11-16/h4-11H2,1-3H3. The number of ether oxygens (including phenoxy) is 3. The molecule has 2 rings (SSSR count). The number of nitrogens with zero attached hydrogens (tertiary/aromatic N) is 2. The van der Waals surface area contributed by atoms with Crippen LogP contribution in [0.3, 0.4) is 0 Å². The van der Waals surface area contributed by atoms with Gasteiger partial charge in [0.15, 0.2) is 6.07 Å². The number of hydrogen-bond donors (Lipinski definition) is 0. The molecular weight excluding hydrogens is 324 g/mol. The second kappa shape index (κ2) is 7.23. The maximum atomic E-state index is 12.3. The highest BCUT2D eigenvalue weighted by molar-refractivity contribution is 6.17. The number of amides is 1. The quantitative estimate of drug-likeness (QED) is 0.568. The van der Waals surface area contributed by atoms with Crippen LogP contribution < -0.4 is 0 Å². The zero-order chi connectivity index (χ0) is 17.1. The molecule has 8 heteroatoms. The van der Waals surface area contributed by atoms with Gasteiger partial charge < -0.3 is 19.1 Å². The summed E-state index contributed by atoms with van der Waals surface area (Å²) >= 11 is 5.53. The van der Waals surface area contributed by atoms with E-state index in [1.165, 1.54) is 0 Å². The predicted octanol–water partition coefficient (Wildman–Crippen LogP) is 1.44. The zero-order valence-electron chi connectivity index (χ0n) is 14.0. The van der Waals surface area contributed by atoms with Gasteiger partial charge in [0.2, 0.25) is 0 Å². The average molecular weight is 349 g/mol. The summed E-state index contributed by atoms with van der Waals surface area (Å²) in [5.74, 6) is -0.351. The Balaban J connectivity index is 1.97.